The molecule has 5 nitrogen and oxygen atoms in total. The lowest BCUT2D eigenvalue weighted by atomic mass is 10.1. The summed E-state index contributed by atoms with van der Waals surface area (Å²) in [5.41, 5.74) is 3.25. The van der Waals surface area contributed by atoms with Crippen LogP contribution in [0.2, 0.25) is 0 Å². The summed E-state index contributed by atoms with van der Waals surface area (Å²) in [7, 11) is 0. The van der Waals surface area contributed by atoms with Gasteiger partial charge in [0.15, 0.2) is 11.5 Å². The number of anilines is 1. The molecule has 0 atom stereocenters. The number of nitrogens with zero attached hydrogens (tertiary/aromatic N) is 1. The minimum Gasteiger partial charge on any atom is -0.454 e. The number of rotatable bonds is 5. The largest absolute Gasteiger partial charge is 0.454 e. The van der Waals surface area contributed by atoms with Crippen LogP contribution < -0.4 is 19.7 Å². The third kappa shape index (κ3) is 2.95. The average molecular weight is 324 g/mol. The summed E-state index contributed by atoms with van der Waals surface area (Å²) < 4.78 is 10.9. The molecule has 1 amide bonds. The van der Waals surface area contributed by atoms with Gasteiger partial charge in [0.05, 0.1) is 0 Å². The Bertz CT molecular complexity index is 760. The second kappa shape index (κ2) is 6.53. The maximum atomic E-state index is 11.9. The zero-order valence-electron chi connectivity index (χ0n) is 13.5. The highest BCUT2D eigenvalue weighted by Gasteiger charge is 2.21. The fraction of sp³-hybridized carbons (Fsp3) is 0.316. The summed E-state index contributed by atoms with van der Waals surface area (Å²) in [6.45, 7) is 2.56. The van der Waals surface area contributed by atoms with Gasteiger partial charge in [0.2, 0.25) is 12.7 Å². The lowest BCUT2D eigenvalue weighted by molar-refractivity contribution is -0.117. The number of ether oxygens (including phenoxy) is 2. The van der Waals surface area contributed by atoms with E-state index >= 15 is 0 Å². The highest BCUT2D eigenvalue weighted by Crippen LogP contribution is 2.35. The second-order valence-electron chi connectivity index (χ2n) is 6.07. The van der Waals surface area contributed by atoms with E-state index in [1.54, 1.807) is 0 Å². The van der Waals surface area contributed by atoms with Crippen molar-refractivity contribution in [2.45, 2.75) is 25.9 Å². The first-order valence-electron chi connectivity index (χ1n) is 8.29. The van der Waals surface area contributed by atoms with E-state index in [2.05, 4.69) is 17.4 Å². The molecular weight excluding hydrogens is 304 g/mol. The van der Waals surface area contributed by atoms with E-state index in [1.807, 2.05) is 35.2 Å². The highest BCUT2D eigenvalue weighted by atomic mass is 16.7. The molecule has 2 aromatic rings. The van der Waals surface area contributed by atoms with Gasteiger partial charge in [-0.05, 0) is 30.2 Å². The van der Waals surface area contributed by atoms with E-state index < -0.39 is 0 Å². The van der Waals surface area contributed by atoms with Crippen molar-refractivity contribution < 1.29 is 14.3 Å². The number of para-hydroxylation sites is 1. The van der Waals surface area contributed by atoms with Crippen molar-refractivity contribution in [2.75, 3.05) is 18.2 Å². The molecular formula is C19H20N2O3. The first-order valence-corrected chi connectivity index (χ1v) is 8.29. The van der Waals surface area contributed by atoms with Crippen LogP contribution in [0.15, 0.2) is 42.5 Å². The molecule has 4 rings (SSSR count). The summed E-state index contributed by atoms with van der Waals surface area (Å²) in [6, 6.07) is 14.1. The summed E-state index contributed by atoms with van der Waals surface area (Å²) in [6.07, 6.45) is 1.60. The fourth-order valence-corrected chi connectivity index (χ4v) is 3.23. The molecule has 1 N–H and O–H groups in total. The monoisotopic (exact) mass is 324 g/mol. The van der Waals surface area contributed by atoms with Crippen molar-refractivity contribution >= 4 is 11.6 Å². The van der Waals surface area contributed by atoms with E-state index in [-0.39, 0.29) is 12.7 Å². The number of carbonyl (C=O) groups is 1. The SMILES string of the molecule is O=C1CCCN1c1cccc(CNCc2cccc3c2OCO3)c1. The molecule has 0 unspecified atom stereocenters. The standard InChI is InChI=1S/C19H20N2O3/c22-18-8-3-9-21(18)16-6-1-4-14(10-16)11-20-12-15-5-2-7-17-19(15)24-13-23-17/h1-2,4-7,10,20H,3,8-9,11-13H2. The van der Waals surface area contributed by atoms with Gasteiger partial charge >= 0.3 is 0 Å². The quantitative estimate of drug-likeness (QED) is 0.919. The molecule has 124 valence electrons. The van der Waals surface area contributed by atoms with Crippen molar-refractivity contribution in [3.8, 4) is 11.5 Å². The third-order valence-electron chi connectivity index (χ3n) is 4.42. The maximum Gasteiger partial charge on any atom is 0.231 e. The number of fused-ring (bicyclic) bond motifs is 1. The van der Waals surface area contributed by atoms with Gasteiger partial charge in [-0.2, -0.15) is 0 Å². The normalized spacial score (nSPS) is 16.0. The van der Waals surface area contributed by atoms with Crippen LogP contribution in [0.1, 0.15) is 24.0 Å². The molecule has 0 spiro atoms. The van der Waals surface area contributed by atoms with E-state index in [4.69, 9.17) is 9.47 Å². The maximum absolute atomic E-state index is 11.9. The molecule has 1 saturated heterocycles. The first kappa shape index (κ1) is 15.0. The van der Waals surface area contributed by atoms with Crippen LogP contribution in [0.3, 0.4) is 0 Å². The Balaban J connectivity index is 1.40. The van der Waals surface area contributed by atoms with Crippen LogP contribution in [-0.2, 0) is 17.9 Å². The van der Waals surface area contributed by atoms with Crippen molar-refractivity contribution in [2.24, 2.45) is 0 Å². The topological polar surface area (TPSA) is 50.8 Å². The summed E-state index contributed by atoms with van der Waals surface area (Å²) >= 11 is 0. The molecule has 0 aliphatic carbocycles. The van der Waals surface area contributed by atoms with Crippen molar-refractivity contribution in [3.05, 3.63) is 53.6 Å². The molecule has 1 fully saturated rings. The lowest BCUT2D eigenvalue weighted by Crippen LogP contribution is -2.23. The number of amides is 1. The predicted molar refractivity (Wildman–Crippen MR) is 91.1 cm³/mol. The summed E-state index contributed by atoms with van der Waals surface area (Å²) in [5.74, 6) is 1.86. The van der Waals surface area contributed by atoms with Gasteiger partial charge in [-0.1, -0.05) is 24.3 Å². The Morgan fingerprint density at radius 3 is 2.88 bits per heavy atom. The van der Waals surface area contributed by atoms with Gasteiger partial charge < -0.3 is 19.7 Å². The molecule has 0 bridgehead atoms. The van der Waals surface area contributed by atoms with Crippen LogP contribution in [0, 0.1) is 0 Å². The summed E-state index contributed by atoms with van der Waals surface area (Å²) in [4.78, 5) is 13.8. The first-order chi connectivity index (χ1) is 11.8. The number of hydrogen-bond donors (Lipinski definition) is 1. The Morgan fingerprint density at radius 1 is 1.08 bits per heavy atom. The van der Waals surface area contributed by atoms with Crippen molar-refractivity contribution in [3.63, 3.8) is 0 Å². The van der Waals surface area contributed by atoms with Gasteiger partial charge in [-0.15, -0.1) is 0 Å². The Morgan fingerprint density at radius 2 is 2.00 bits per heavy atom. The minimum atomic E-state index is 0.220. The van der Waals surface area contributed by atoms with Crippen LogP contribution in [0.25, 0.3) is 0 Å². The molecule has 0 aromatic heterocycles. The van der Waals surface area contributed by atoms with Gasteiger partial charge in [0.25, 0.3) is 0 Å². The zero-order chi connectivity index (χ0) is 16.4. The number of nitrogens with one attached hydrogen (secondary N) is 1. The van der Waals surface area contributed by atoms with E-state index in [0.29, 0.717) is 13.0 Å². The van der Waals surface area contributed by atoms with Crippen molar-refractivity contribution in [1.82, 2.24) is 5.32 Å². The van der Waals surface area contributed by atoms with Gasteiger partial charge in [0.1, 0.15) is 0 Å². The van der Waals surface area contributed by atoms with Crippen LogP contribution in [-0.4, -0.2) is 19.2 Å². The van der Waals surface area contributed by atoms with Crippen molar-refractivity contribution in [1.29, 1.82) is 0 Å². The molecule has 2 heterocycles. The predicted octanol–water partition coefficient (Wildman–Crippen LogP) is 2.83. The third-order valence-corrected chi connectivity index (χ3v) is 4.42. The second-order valence-corrected chi connectivity index (χ2v) is 6.07. The Hall–Kier alpha value is -2.53. The fourth-order valence-electron chi connectivity index (χ4n) is 3.23. The van der Waals surface area contributed by atoms with Gasteiger partial charge in [-0.3, -0.25) is 4.79 Å². The van der Waals surface area contributed by atoms with Gasteiger partial charge in [0, 0.05) is 37.3 Å². The molecule has 2 aliphatic heterocycles. The average Bonchev–Trinajstić information content (AvgIpc) is 3.24. The van der Waals surface area contributed by atoms with E-state index in [9.17, 15) is 4.79 Å². The molecule has 0 saturated carbocycles. The smallest absolute Gasteiger partial charge is 0.231 e. The Labute approximate surface area is 141 Å². The van der Waals surface area contributed by atoms with Gasteiger partial charge in [-0.25, -0.2) is 0 Å². The zero-order valence-corrected chi connectivity index (χ0v) is 13.5. The molecule has 0 radical (unpaired) electrons. The highest BCUT2D eigenvalue weighted by molar-refractivity contribution is 5.95. The molecule has 5 heteroatoms. The summed E-state index contributed by atoms with van der Waals surface area (Å²) in [5, 5.41) is 3.44. The number of hydrogen-bond acceptors (Lipinski definition) is 4. The minimum absolute atomic E-state index is 0.220. The molecule has 2 aromatic carbocycles. The Kier molecular flexibility index (Phi) is 4.09. The van der Waals surface area contributed by atoms with Crippen LogP contribution in [0.5, 0.6) is 11.5 Å². The molecule has 24 heavy (non-hydrogen) atoms. The van der Waals surface area contributed by atoms with Crippen LogP contribution >= 0.6 is 0 Å². The van der Waals surface area contributed by atoms with E-state index in [0.717, 1.165) is 47.8 Å². The van der Waals surface area contributed by atoms with Crippen LogP contribution in [0.4, 0.5) is 5.69 Å². The lowest BCUT2D eigenvalue weighted by Gasteiger charge is -2.16. The number of carbonyl (C=O) groups excluding carboxylic acids is 1. The number of benzene rings is 2. The van der Waals surface area contributed by atoms with E-state index in [1.165, 1.54) is 0 Å². The molecule has 2 aliphatic rings.